The standard InChI is InChI=1S/C14H27N3O3/c1-16(11-4-6-15-7-5-11)14(20)13-3-2-8-17(13)9-12(19)10-18/h11-13,15,18-19H,2-10H2,1H3. The molecule has 6 heteroatoms. The predicted molar refractivity (Wildman–Crippen MR) is 76.3 cm³/mol. The maximum Gasteiger partial charge on any atom is 0.239 e. The van der Waals surface area contributed by atoms with Crippen molar-refractivity contribution in [2.75, 3.05) is 39.8 Å². The highest BCUT2D eigenvalue weighted by Crippen LogP contribution is 2.21. The summed E-state index contributed by atoms with van der Waals surface area (Å²) in [6.45, 7) is 2.90. The van der Waals surface area contributed by atoms with E-state index >= 15 is 0 Å². The molecule has 1 amide bonds. The third-order valence-corrected chi connectivity index (χ3v) is 4.51. The number of likely N-dealkylation sites (N-methyl/N-ethyl adjacent to an activating group) is 1. The molecule has 116 valence electrons. The Kier molecular flexibility index (Phi) is 5.77. The molecule has 3 N–H and O–H groups in total. The molecule has 2 unspecified atom stereocenters. The monoisotopic (exact) mass is 285 g/mol. The number of rotatable bonds is 5. The van der Waals surface area contributed by atoms with Crippen LogP contribution in [0.2, 0.25) is 0 Å². The van der Waals surface area contributed by atoms with Gasteiger partial charge in [0.05, 0.1) is 18.8 Å². The van der Waals surface area contributed by atoms with Crippen LogP contribution in [0.25, 0.3) is 0 Å². The quantitative estimate of drug-likeness (QED) is 0.605. The lowest BCUT2D eigenvalue weighted by Gasteiger charge is -2.35. The third-order valence-electron chi connectivity index (χ3n) is 4.51. The Labute approximate surface area is 120 Å². The summed E-state index contributed by atoms with van der Waals surface area (Å²) in [5.41, 5.74) is 0. The van der Waals surface area contributed by atoms with Crippen LogP contribution < -0.4 is 5.32 Å². The van der Waals surface area contributed by atoms with Crippen molar-refractivity contribution in [2.24, 2.45) is 0 Å². The summed E-state index contributed by atoms with van der Waals surface area (Å²) >= 11 is 0. The van der Waals surface area contributed by atoms with Gasteiger partial charge in [0.15, 0.2) is 0 Å². The zero-order valence-electron chi connectivity index (χ0n) is 12.3. The summed E-state index contributed by atoms with van der Waals surface area (Å²) in [5, 5.41) is 21.8. The van der Waals surface area contributed by atoms with Crippen LogP contribution >= 0.6 is 0 Å². The molecular weight excluding hydrogens is 258 g/mol. The van der Waals surface area contributed by atoms with Gasteiger partial charge in [-0.15, -0.1) is 0 Å². The number of β-amino-alcohol motifs (C(OH)–C–C–N with tert-alkyl or cyclic N) is 1. The molecule has 2 heterocycles. The first-order valence-electron chi connectivity index (χ1n) is 7.64. The lowest BCUT2D eigenvalue weighted by atomic mass is 10.0. The number of aliphatic hydroxyl groups excluding tert-OH is 2. The normalized spacial score (nSPS) is 26.6. The van der Waals surface area contributed by atoms with Crippen LogP contribution in [0.5, 0.6) is 0 Å². The molecule has 0 bridgehead atoms. The highest BCUT2D eigenvalue weighted by molar-refractivity contribution is 5.82. The van der Waals surface area contributed by atoms with Crippen LogP contribution in [-0.4, -0.2) is 83.9 Å². The second kappa shape index (κ2) is 7.36. The molecular formula is C14H27N3O3. The summed E-state index contributed by atoms with van der Waals surface area (Å²) in [7, 11) is 1.90. The van der Waals surface area contributed by atoms with Crippen molar-refractivity contribution in [2.45, 2.75) is 43.9 Å². The van der Waals surface area contributed by atoms with Gasteiger partial charge in [0.2, 0.25) is 5.91 Å². The van der Waals surface area contributed by atoms with Crippen molar-refractivity contribution in [1.82, 2.24) is 15.1 Å². The number of hydrogen-bond acceptors (Lipinski definition) is 5. The van der Waals surface area contributed by atoms with Gasteiger partial charge in [0.25, 0.3) is 0 Å². The minimum absolute atomic E-state index is 0.129. The molecule has 0 aliphatic carbocycles. The fourth-order valence-electron chi connectivity index (χ4n) is 3.26. The number of aliphatic hydroxyl groups is 2. The zero-order chi connectivity index (χ0) is 14.5. The van der Waals surface area contributed by atoms with Gasteiger partial charge in [-0.25, -0.2) is 0 Å². The maximum atomic E-state index is 12.6. The summed E-state index contributed by atoms with van der Waals surface area (Å²) in [6.07, 6.45) is 3.09. The van der Waals surface area contributed by atoms with E-state index in [0.717, 1.165) is 45.3 Å². The average molecular weight is 285 g/mol. The molecule has 0 saturated carbocycles. The van der Waals surface area contributed by atoms with E-state index in [1.165, 1.54) is 0 Å². The van der Waals surface area contributed by atoms with Crippen molar-refractivity contribution in [1.29, 1.82) is 0 Å². The number of piperidine rings is 1. The number of hydrogen-bond donors (Lipinski definition) is 3. The Morgan fingerprint density at radius 1 is 1.40 bits per heavy atom. The van der Waals surface area contributed by atoms with Crippen molar-refractivity contribution < 1.29 is 15.0 Å². The molecule has 2 atom stereocenters. The first-order valence-corrected chi connectivity index (χ1v) is 7.64. The van der Waals surface area contributed by atoms with Gasteiger partial charge >= 0.3 is 0 Å². The largest absolute Gasteiger partial charge is 0.394 e. The molecule has 6 nitrogen and oxygen atoms in total. The lowest BCUT2D eigenvalue weighted by Crippen LogP contribution is -2.51. The number of likely N-dealkylation sites (tertiary alicyclic amines) is 1. The van der Waals surface area contributed by atoms with Gasteiger partial charge in [-0.05, 0) is 45.3 Å². The highest BCUT2D eigenvalue weighted by atomic mass is 16.3. The van der Waals surface area contributed by atoms with Crippen LogP contribution in [-0.2, 0) is 4.79 Å². The minimum atomic E-state index is -0.757. The molecule has 2 aliphatic heterocycles. The smallest absolute Gasteiger partial charge is 0.239 e. The molecule has 2 saturated heterocycles. The van der Waals surface area contributed by atoms with E-state index in [-0.39, 0.29) is 18.6 Å². The number of nitrogens with zero attached hydrogens (tertiary/aromatic N) is 2. The molecule has 0 aromatic carbocycles. The Morgan fingerprint density at radius 3 is 2.75 bits per heavy atom. The number of nitrogens with one attached hydrogen (secondary N) is 1. The van der Waals surface area contributed by atoms with E-state index in [1.54, 1.807) is 0 Å². The second-order valence-corrected chi connectivity index (χ2v) is 5.92. The molecule has 2 aliphatic rings. The van der Waals surface area contributed by atoms with Crippen LogP contribution in [0.3, 0.4) is 0 Å². The SMILES string of the molecule is CN(C(=O)C1CCCN1CC(O)CO)C1CCNCC1. The highest BCUT2D eigenvalue weighted by Gasteiger charge is 2.35. The van der Waals surface area contributed by atoms with Gasteiger partial charge < -0.3 is 20.4 Å². The minimum Gasteiger partial charge on any atom is -0.394 e. The van der Waals surface area contributed by atoms with E-state index in [2.05, 4.69) is 5.32 Å². The van der Waals surface area contributed by atoms with Crippen molar-refractivity contribution in [3.8, 4) is 0 Å². The molecule has 0 aromatic heterocycles. The molecule has 0 radical (unpaired) electrons. The van der Waals surface area contributed by atoms with E-state index in [4.69, 9.17) is 5.11 Å². The van der Waals surface area contributed by atoms with Crippen LogP contribution in [0.1, 0.15) is 25.7 Å². The summed E-state index contributed by atoms with van der Waals surface area (Å²) in [6, 6.07) is 0.199. The Hall–Kier alpha value is -0.690. The van der Waals surface area contributed by atoms with Crippen molar-refractivity contribution in [3.05, 3.63) is 0 Å². The Bertz CT molecular complexity index is 321. The fourth-order valence-corrected chi connectivity index (χ4v) is 3.26. The summed E-state index contributed by atoms with van der Waals surface area (Å²) in [4.78, 5) is 16.6. The molecule has 0 spiro atoms. The van der Waals surface area contributed by atoms with E-state index < -0.39 is 6.10 Å². The van der Waals surface area contributed by atoms with Crippen molar-refractivity contribution in [3.63, 3.8) is 0 Å². The molecule has 2 rings (SSSR count). The summed E-state index contributed by atoms with van der Waals surface area (Å²) in [5.74, 6) is 0.166. The number of amides is 1. The lowest BCUT2D eigenvalue weighted by molar-refractivity contribution is -0.137. The van der Waals surface area contributed by atoms with Crippen LogP contribution in [0.4, 0.5) is 0 Å². The van der Waals surface area contributed by atoms with Gasteiger partial charge in [-0.3, -0.25) is 9.69 Å². The van der Waals surface area contributed by atoms with E-state index in [0.29, 0.717) is 12.6 Å². The zero-order valence-corrected chi connectivity index (χ0v) is 12.3. The first kappa shape index (κ1) is 15.7. The first-order chi connectivity index (χ1) is 9.63. The molecule has 2 fully saturated rings. The topological polar surface area (TPSA) is 76.0 Å². The van der Waals surface area contributed by atoms with Gasteiger partial charge in [0, 0.05) is 19.6 Å². The van der Waals surface area contributed by atoms with Crippen LogP contribution in [0, 0.1) is 0 Å². The fraction of sp³-hybridized carbons (Fsp3) is 0.929. The molecule has 0 aromatic rings. The van der Waals surface area contributed by atoms with E-state index in [1.807, 2.05) is 16.8 Å². The van der Waals surface area contributed by atoms with Crippen LogP contribution in [0.15, 0.2) is 0 Å². The van der Waals surface area contributed by atoms with Crippen molar-refractivity contribution >= 4 is 5.91 Å². The molecule has 20 heavy (non-hydrogen) atoms. The van der Waals surface area contributed by atoms with Gasteiger partial charge in [-0.1, -0.05) is 0 Å². The second-order valence-electron chi connectivity index (χ2n) is 5.92. The number of carbonyl (C=O) groups is 1. The van der Waals surface area contributed by atoms with Gasteiger partial charge in [-0.2, -0.15) is 0 Å². The maximum absolute atomic E-state index is 12.6. The third kappa shape index (κ3) is 3.69. The van der Waals surface area contributed by atoms with E-state index in [9.17, 15) is 9.90 Å². The van der Waals surface area contributed by atoms with Gasteiger partial charge in [0.1, 0.15) is 0 Å². The Morgan fingerprint density at radius 2 is 2.10 bits per heavy atom. The average Bonchev–Trinajstić information content (AvgIpc) is 2.94. The number of carbonyl (C=O) groups excluding carboxylic acids is 1. The predicted octanol–water partition coefficient (Wildman–Crippen LogP) is -0.986. The summed E-state index contributed by atoms with van der Waals surface area (Å²) < 4.78 is 0. The Balaban J connectivity index is 1.92.